The van der Waals surface area contributed by atoms with Crippen molar-refractivity contribution in [2.45, 2.75) is 19.6 Å². The Hall–Kier alpha value is -2.11. The Kier molecular flexibility index (Phi) is 3.77. The Balaban J connectivity index is 1.90. The first-order chi connectivity index (χ1) is 10.1. The summed E-state index contributed by atoms with van der Waals surface area (Å²) in [5, 5.41) is 18.1. The molecule has 2 aromatic heterocycles. The van der Waals surface area contributed by atoms with Gasteiger partial charge in [-0.05, 0) is 19.1 Å². The molecule has 3 rings (SSSR count). The number of nitrogens with zero attached hydrogens (tertiary/aromatic N) is 2. The van der Waals surface area contributed by atoms with Gasteiger partial charge in [0.1, 0.15) is 11.3 Å². The highest BCUT2D eigenvalue weighted by atomic mass is 16.3. The monoisotopic (exact) mass is 285 g/mol. The zero-order chi connectivity index (χ0) is 14.8. The number of aliphatic hydroxyl groups is 1. The highest BCUT2D eigenvalue weighted by Crippen LogP contribution is 2.28. The molecule has 21 heavy (non-hydrogen) atoms. The van der Waals surface area contributed by atoms with E-state index in [4.69, 9.17) is 4.42 Å². The van der Waals surface area contributed by atoms with Crippen LogP contribution in [0.25, 0.3) is 22.4 Å². The molecule has 1 aromatic carbocycles. The standard InChI is InChI=1S/C16H19N3O2/c1-11(20)8-17-9-13-10-19(2)18-16(13)15-7-12-5-3-4-6-14(12)21-15/h3-7,10-11,17,20H,8-9H2,1-2H3/t11-/m1/s1. The number of aromatic nitrogens is 2. The smallest absolute Gasteiger partial charge is 0.156 e. The van der Waals surface area contributed by atoms with Gasteiger partial charge in [-0.25, -0.2) is 0 Å². The fourth-order valence-corrected chi connectivity index (χ4v) is 2.39. The van der Waals surface area contributed by atoms with Crippen molar-refractivity contribution in [2.75, 3.05) is 6.54 Å². The number of rotatable bonds is 5. The molecular weight excluding hydrogens is 266 g/mol. The summed E-state index contributed by atoms with van der Waals surface area (Å²) in [6.07, 6.45) is 1.61. The minimum Gasteiger partial charge on any atom is -0.454 e. The summed E-state index contributed by atoms with van der Waals surface area (Å²) in [5.74, 6) is 0.769. The lowest BCUT2D eigenvalue weighted by atomic mass is 10.2. The van der Waals surface area contributed by atoms with E-state index >= 15 is 0 Å². The lowest BCUT2D eigenvalue weighted by Crippen LogP contribution is -2.23. The zero-order valence-corrected chi connectivity index (χ0v) is 12.2. The van der Waals surface area contributed by atoms with E-state index in [1.54, 1.807) is 11.6 Å². The molecule has 0 amide bonds. The molecule has 0 radical (unpaired) electrons. The number of furan rings is 1. The lowest BCUT2D eigenvalue weighted by Gasteiger charge is -2.05. The molecule has 110 valence electrons. The van der Waals surface area contributed by atoms with Crippen LogP contribution in [0.2, 0.25) is 0 Å². The SMILES string of the molecule is C[C@@H](O)CNCc1cn(C)nc1-c1cc2ccccc2o1. The third kappa shape index (κ3) is 2.99. The third-order valence-corrected chi connectivity index (χ3v) is 3.32. The van der Waals surface area contributed by atoms with Gasteiger partial charge in [0.15, 0.2) is 5.76 Å². The number of nitrogens with one attached hydrogen (secondary N) is 1. The first-order valence-electron chi connectivity index (χ1n) is 7.04. The van der Waals surface area contributed by atoms with Gasteiger partial charge in [0.05, 0.1) is 6.10 Å². The minimum absolute atomic E-state index is 0.365. The lowest BCUT2D eigenvalue weighted by molar-refractivity contribution is 0.191. The van der Waals surface area contributed by atoms with Crippen LogP contribution in [0.5, 0.6) is 0 Å². The highest BCUT2D eigenvalue weighted by molar-refractivity contribution is 5.82. The minimum atomic E-state index is -0.365. The first-order valence-corrected chi connectivity index (χ1v) is 7.04. The van der Waals surface area contributed by atoms with Crippen LogP contribution < -0.4 is 5.32 Å². The summed E-state index contributed by atoms with van der Waals surface area (Å²) in [5.41, 5.74) is 2.75. The molecule has 0 unspecified atom stereocenters. The average molecular weight is 285 g/mol. The molecule has 2 N–H and O–H groups in total. The van der Waals surface area contributed by atoms with Gasteiger partial charge in [0, 0.05) is 37.3 Å². The van der Waals surface area contributed by atoms with Crippen molar-refractivity contribution in [3.05, 3.63) is 42.1 Å². The number of aliphatic hydroxyl groups excluding tert-OH is 1. The van der Waals surface area contributed by atoms with E-state index in [1.165, 1.54) is 0 Å². The fourth-order valence-electron chi connectivity index (χ4n) is 2.39. The quantitative estimate of drug-likeness (QED) is 0.755. The Labute approximate surface area is 123 Å². The van der Waals surface area contributed by atoms with E-state index in [1.807, 2.05) is 43.6 Å². The van der Waals surface area contributed by atoms with Crippen LogP contribution in [0.1, 0.15) is 12.5 Å². The van der Waals surface area contributed by atoms with Gasteiger partial charge >= 0.3 is 0 Å². The van der Waals surface area contributed by atoms with Crippen LogP contribution in [0, 0.1) is 0 Å². The summed E-state index contributed by atoms with van der Waals surface area (Å²) < 4.78 is 7.66. The predicted octanol–water partition coefficient (Wildman–Crippen LogP) is 2.30. The molecule has 2 heterocycles. The molecule has 0 aliphatic rings. The van der Waals surface area contributed by atoms with Gasteiger partial charge in [-0.2, -0.15) is 5.10 Å². The molecular formula is C16H19N3O2. The van der Waals surface area contributed by atoms with Crippen molar-refractivity contribution < 1.29 is 9.52 Å². The summed E-state index contributed by atoms with van der Waals surface area (Å²) in [7, 11) is 1.89. The van der Waals surface area contributed by atoms with Crippen LogP contribution in [0.4, 0.5) is 0 Å². The van der Waals surface area contributed by atoms with Crippen LogP contribution in [-0.2, 0) is 13.6 Å². The number of aryl methyl sites for hydroxylation is 1. The largest absolute Gasteiger partial charge is 0.454 e. The van der Waals surface area contributed by atoms with Gasteiger partial charge < -0.3 is 14.8 Å². The van der Waals surface area contributed by atoms with Crippen LogP contribution in [-0.4, -0.2) is 27.5 Å². The van der Waals surface area contributed by atoms with Crippen LogP contribution in [0.15, 0.2) is 40.9 Å². The molecule has 1 atom stereocenters. The number of benzene rings is 1. The van der Waals surface area contributed by atoms with Gasteiger partial charge in [-0.3, -0.25) is 4.68 Å². The molecule has 5 heteroatoms. The van der Waals surface area contributed by atoms with Gasteiger partial charge in [0.25, 0.3) is 0 Å². The molecule has 0 saturated heterocycles. The van der Waals surface area contributed by atoms with Gasteiger partial charge in [0.2, 0.25) is 0 Å². The normalized spacial score (nSPS) is 12.9. The summed E-state index contributed by atoms with van der Waals surface area (Å²) >= 11 is 0. The molecule has 0 fully saturated rings. The molecule has 0 saturated carbocycles. The van der Waals surface area contributed by atoms with Crippen molar-refractivity contribution in [2.24, 2.45) is 7.05 Å². The third-order valence-electron chi connectivity index (χ3n) is 3.32. The maximum atomic E-state index is 9.32. The Morgan fingerprint density at radius 2 is 2.19 bits per heavy atom. The van der Waals surface area contributed by atoms with E-state index in [2.05, 4.69) is 10.4 Å². The molecule has 0 aliphatic carbocycles. The topological polar surface area (TPSA) is 63.2 Å². The van der Waals surface area contributed by atoms with Crippen molar-refractivity contribution in [1.29, 1.82) is 0 Å². The van der Waals surface area contributed by atoms with Crippen LogP contribution >= 0.6 is 0 Å². The van der Waals surface area contributed by atoms with E-state index in [-0.39, 0.29) is 6.10 Å². The van der Waals surface area contributed by atoms with E-state index < -0.39 is 0 Å². The maximum absolute atomic E-state index is 9.32. The number of fused-ring (bicyclic) bond motifs is 1. The number of hydrogen-bond donors (Lipinski definition) is 2. The van der Waals surface area contributed by atoms with E-state index in [0.29, 0.717) is 13.1 Å². The highest BCUT2D eigenvalue weighted by Gasteiger charge is 2.14. The molecule has 3 aromatic rings. The Bertz CT molecular complexity index is 710. The van der Waals surface area contributed by atoms with Gasteiger partial charge in [-0.15, -0.1) is 0 Å². The average Bonchev–Trinajstić information content (AvgIpc) is 3.01. The van der Waals surface area contributed by atoms with E-state index in [9.17, 15) is 5.11 Å². The summed E-state index contributed by atoms with van der Waals surface area (Å²) in [4.78, 5) is 0. The Morgan fingerprint density at radius 3 is 2.95 bits per heavy atom. The first kappa shape index (κ1) is 13.9. The zero-order valence-electron chi connectivity index (χ0n) is 12.2. The van der Waals surface area contributed by atoms with Crippen molar-refractivity contribution in [3.63, 3.8) is 0 Å². The van der Waals surface area contributed by atoms with E-state index in [0.717, 1.165) is 28.0 Å². The van der Waals surface area contributed by atoms with Crippen molar-refractivity contribution >= 4 is 11.0 Å². The fraction of sp³-hybridized carbons (Fsp3) is 0.312. The Morgan fingerprint density at radius 1 is 1.38 bits per heavy atom. The summed E-state index contributed by atoms with van der Waals surface area (Å²) in [6.45, 7) is 2.95. The second-order valence-electron chi connectivity index (χ2n) is 5.31. The molecule has 5 nitrogen and oxygen atoms in total. The number of hydrogen-bond acceptors (Lipinski definition) is 4. The molecule has 0 bridgehead atoms. The maximum Gasteiger partial charge on any atom is 0.156 e. The second-order valence-corrected chi connectivity index (χ2v) is 5.31. The predicted molar refractivity (Wildman–Crippen MR) is 81.8 cm³/mol. The van der Waals surface area contributed by atoms with Crippen molar-refractivity contribution in [3.8, 4) is 11.5 Å². The van der Waals surface area contributed by atoms with Gasteiger partial charge in [-0.1, -0.05) is 18.2 Å². The van der Waals surface area contributed by atoms with Crippen molar-refractivity contribution in [1.82, 2.24) is 15.1 Å². The number of para-hydroxylation sites is 1. The second kappa shape index (κ2) is 5.71. The molecule has 0 aliphatic heterocycles. The molecule has 0 spiro atoms. The van der Waals surface area contributed by atoms with Crippen LogP contribution in [0.3, 0.4) is 0 Å². The summed E-state index contributed by atoms with van der Waals surface area (Å²) in [6, 6.07) is 9.93.